The van der Waals surface area contributed by atoms with Crippen LogP contribution in [0, 0.1) is 5.92 Å². The Kier molecular flexibility index (Phi) is 6.74. The van der Waals surface area contributed by atoms with E-state index in [9.17, 15) is 4.79 Å². The lowest BCUT2D eigenvalue weighted by atomic mass is 9.95. The van der Waals surface area contributed by atoms with Gasteiger partial charge in [-0.05, 0) is 11.5 Å². The third-order valence-electron chi connectivity index (χ3n) is 3.87. The summed E-state index contributed by atoms with van der Waals surface area (Å²) in [5.41, 5.74) is 1.74. The molecule has 2 aromatic rings. The number of aromatic nitrogens is 3. The monoisotopic (exact) mass is 359 g/mol. The van der Waals surface area contributed by atoms with Gasteiger partial charge in [-0.15, -0.1) is 5.10 Å². The minimum Gasteiger partial charge on any atom is -0.479 e. The fourth-order valence-electron chi connectivity index (χ4n) is 2.66. The fraction of sp³-hybridized carbons (Fsp3) is 0.389. The topological polar surface area (TPSA) is 101 Å². The van der Waals surface area contributed by atoms with Crippen LogP contribution in [-0.4, -0.2) is 48.1 Å². The summed E-state index contributed by atoms with van der Waals surface area (Å²) < 4.78 is 10.4. The van der Waals surface area contributed by atoms with Crippen LogP contribution in [-0.2, 0) is 4.74 Å². The van der Waals surface area contributed by atoms with Gasteiger partial charge in [-0.3, -0.25) is 10.4 Å². The van der Waals surface area contributed by atoms with E-state index in [2.05, 4.69) is 46.2 Å². The SMILES string of the molecule is C=C/C=C(\C(C)C)[C@@H](COC)NC(=O)Nc1cc2[nH]nc(OC)c2cn1. The molecule has 2 heterocycles. The van der Waals surface area contributed by atoms with Gasteiger partial charge < -0.3 is 14.8 Å². The van der Waals surface area contributed by atoms with E-state index in [0.29, 0.717) is 18.3 Å². The number of aromatic amines is 1. The average Bonchev–Trinajstić information content (AvgIpc) is 3.01. The molecule has 0 bridgehead atoms. The largest absolute Gasteiger partial charge is 0.479 e. The molecule has 2 rings (SSSR count). The van der Waals surface area contributed by atoms with E-state index in [1.807, 2.05) is 6.08 Å². The highest BCUT2D eigenvalue weighted by Gasteiger charge is 2.19. The number of urea groups is 1. The molecule has 26 heavy (non-hydrogen) atoms. The molecule has 1 atom stereocenters. The highest BCUT2D eigenvalue weighted by Crippen LogP contribution is 2.23. The number of amides is 2. The van der Waals surface area contributed by atoms with Crippen LogP contribution >= 0.6 is 0 Å². The van der Waals surface area contributed by atoms with Gasteiger partial charge in [0.2, 0.25) is 5.88 Å². The predicted molar refractivity (Wildman–Crippen MR) is 101 cm³/mol. The Bertz CT molecular complexity index is 797. The number of hydrogen-bond acceptors (Lipinski definition) is 5. The lowest BCUT2D eigenvalue weighted by Gasteiger charge is -2.24. The summed E-state index contributed by atoms with van der Waals surface area (Å²) in [7, 11) is 3.13. The molecule has 2 amide bonds. The predicted octanol–water partition coefficient (Wildman–Crippen LogP) is 2.87. The molecule has 8 heteroatoms. The van der Waals surface area contributed by atoms with Gasteiger partial charge in [0, 0.05) is 19.4 Å². The molecule has 0 fully saturated rings. The Balaban J connectivity index is 2.12. The van der Waals surface area contributed by atoms with E-state index in [0.717, 1.165) is 16.5 Å². The standard InChI is InChI=1S/C18H25N5O3/c1-6-7-12(11(2)3)15(10-25-4)20-18(24)21-16-8-14-13(9-19-16)17(26-5)23-22-14/h6-9,11,15H,1,10H2,2-5H3,(H,22,23)(H2,19,20,21,24)/b12-7+/t15-/m1/s1. The third kappa shape index (κ3) is 4.60. The fourth-order valence-corrected chi connectivity index (χ4v) is 2.66. The van der Waals surface area contributed by atoms with Crippen LogP contribution in [0.4, 0.5) is 10.6 Å². The second-order valence-electron chi connectivity index (χ2n) is 6.01. The van der Waals surface area contributed by atoms with Crippen LogP contribution in [0.1, 0.15) is 13.8 Å². The Morgan fingerprint density at radius 3 is 2.81 bits per heavy atom. The summed E-state index contributed by atoms with van der Waals surface area (Å²) in [5, 5.41) is 13.2. The molecule has 2 aromatic heterocycles. The van der Waals surface area contributed by atoms with Gasteiger partial charge in [-0.25, -0.2) is 9.78 Å². The van der Waals surface area contributed by atoms with E-state index in [1.54, 1.807) is 25.4 Å². The summed E-state index contributed by atoms with van der Waals surface area (Å²) in [4.78, 5) is 16.6. The summed E-state index contributed by atoms with van der Waals surface area (Å²) in [6, 6.07) is 1.05. The molecule has 0 saturated carbocycles. The number of pyridine rings is 1. The van der Waals surface area contributed by atoms with E-state index in [4.69, 9.17) is 9.47 Å². The minimum atomic E-state index is -0.374. The number of carbonyl (C=O) groups excluding carboxylic acids is 1. The van der Waals surface area contributed by atoms with Crippen LogP contribution < -0.4 is 15.4 Å². The normalized spacial score (nSPS) is 12.9. The molecule has 0 saturated heterocycles. The van der Waals surface area contributed by atoms with Crippen LogP contribution in [0.5, 0.6) is 5.88 Å². The Morgan fingerprint density at radius 1 is 1.42 bits per heavy atom. The van der Waals surface area contributed by atoms with Gasteiger partial charge in [0.15, 0.2) is 0 Å². The van der Waals surface area contributed by atoms with Gasteiger partial charge in [-0.1, -0.05) is 32.6 Å². The second-order valence-corrected chi connectivity index (χ2v) is 6.01. The van der Waals surface area contributed by atoms with Crippen LogP contribution in [0.15, 0.2) is 36.6 Å². The summed E-state index contributed by atoms with van der Waals surface area (Å²) in [5.74, 6) is 1.09. The van der Waals surface area contributed by atoms with Crippen LogP contribution in [0.2, 0.25) is 0 Å². The van der Waals surface area contributed by atoms with Gasteiger partial charge in [0.05, 0.1) is 30.7 Å². The van der Waals surface area contributed by atoms with Crippen LogP contribution in [0.3, 0.4) is 0 Å². The first-order valence-corrected chi connectivity index (χ1v) is 8.27. The average molecular weight is 359 g/mol. The minimum absolute atomic E-state index is 0.236. The number of hydrogen-bond donors (Lipinski definition) is 3. The molecule has 0 unspecified atom stereocenters. The number of carbonyl (C=O) groups is 1. The second kappa shape index (κ2) is 9.00. The smallest absolute Gasteiger partial charge is 0.320 e. The number of rotatable bonds is 8. The number of H-pyrrole nitrogens is 1. The molecule has 3 N–H and O–H groups in total. The van der Waals surface area contributed by atoms with Crippen molar-refractivity contribution in [2.24, 2.45) is 5.92 Å². The van der Waals surface area contributed by atoms with E-state index in [1.165, 1.54) is 7.11 Å². The zero-order valence-electron chi connectivity index (χ0n) is 15.5. The van der Waals surface area contributed by atoms with Gasteiger partial charge in [0.25, 0.3) is 0 Å². The molecule has 0 aromatic carbocycles. The highest BCUT2D eigenvalue weighted by molar-refractivity contribution is 5.92. The first-order valence-electron chi connectivity index (χ1n) is 8.27. The first-order chi connectivity index (χ1) is 12.5. The van der Waals surface area contributed by atoms with Gasteiger partial charge >= 0.3 is 6.03 Å². The number of ether oxygens (including phenoxy) is 2. The summed E-state index contributed by atoms with van der Waals surface area (Å²) in [6.07, 6.45) is 5.20. The Labute approximate surface area is 152 Å². The number of methoxy groups -OCH3 is 2. The quantitative estimate of drug-likeness (QED) is 0.629. The van der Waals surface area contributed by atoms with Crippen molar-refractivity contribution in [1.82, 2.24) is 20.5 Å². The third-order valence-corrected chi connectivity index (χ3v) is 3.87. The van der Waals surface area contributed by atoms with Gasteiger partial charge in [0.1, 0.15) is 5.82 Å². The molecule has 8 nitrogen and oxygen atoms in total. The number of fused-ring (bicyclic) bond motifs is 1. The van der Waals surface area contributed by atoms with Crippen LogP contribution in [0.25, 0.3) is 10.9 Å². The van der Waals surface area contributed by atoms with Crippen molar-refractivity contribution in [3.8, 4) is 5.88 Å². The van der Waals surface area contributed by atoms with Crippen molar-refractivity contribution >= 4 is 22.8 Å². The Morgan fingerprint density at radius 2 is 2.19 bits per heavy atom. The lowest BCUT2D eigenvalue weighted by Crippen LogP contribution is -2.43. The molecule has 0 aliphatic heterocycles. The molecule has 0 spiro atoms. The van der Waals surface area contributed by atoms with Crippen molar-refractivity contribution < 1.29 is 14.3 Å². The van der Waals surface area contributed by atoms with E-state index >= 15 is 0 Å². The number of nitrogens with one attached hydrogen (secondary N) is 3. The summed E-state index contributed by atoms with van der Waals surface area (Å²) in [6.45, 7) is 8.20. The molecular formula is C18H25N5O3. The number of anilines is 1. The van der Waals surface area contributed by atoms with Crippen molar-refractivity contribution in [2.45, 2.75) is 19.9 Å². The van der Waals surface area contributed by atoms with Crippen molar-refractivity contribution in [2.75, 3.05) is 26.1 Å². The molecular weight excluding hydrogens is 334 g/mol. The molecule has 0 aliphatic rings. The van der Waals surface area contributed by atoms with E-state index < -0.39 is 0 Å². The maximum absolute atomic E-state index is 12.4. The maximum Gasteiger partial charge on any atom is 0.320 e. The maximum atomic E-state index is 12.4. The molecule has 0 aliphatic carbocycles. The number of nitrogens with zero attached hydrogens (tertiary/aromatic N) is 2. The lowest BCUT2D eigenvalue weighted by molar-refractivity contribution is 0.174. The van der Waals surface area contributed by atoms with Crippen molar-refractivity contribution in [1.29, 1.82) is 0 Å². The first kappa shape index (κ1) is 19.5. The van der Waals surface area contributed by atoms with E-state index in [-0.39, 0.29) is 18.0 Å². The molecule has 0 radical (unpaired) electrons. The highest BCUT2D eigenvalue weighted by atomic mass is 16.5. The van der Waals surface area contributed by atoms with Crippen molar-refractivity contribution in [3.63, 3.8) is 0 Å². The zero-order valence-corrected chi connectivity index (χ0v) is 15.5. The van der Waals surface area contributed by atoms with Crippen molar-refractivity contribution in [3.05, 3.63) is 36.6 Å². The summed E-state index contributed by atoms with van der Waals surface area (Å²) >= 11 is 0. The molecule has 140 valence electrons. The Hall–Kier alpha value is -2.87. The van der Waals surface area contributed by atoms with Gasteiger partial charge in [-0.2, -0.15) is 0 Å². The zero-order chi connectivity index (χ0) is 19.1. The number of allylic oxidation sites excluding steroid dienone is 2.